The first-order valence-electron chi connectivity index (χ1n) is 19.1. The van der Waals surface area contributed by atoms with Crippen LogP contribution in [0.1, 0.15) is 37.0 Å². The first kappa shape index (κ1) is 42.4. The summed E-state index contributed by atoms with van der Waals surface area (Å²) in [5, 5.41) is 5.58. The lowest BCUT2D eigenvalue weighted by molar-refractivity contribution is -0.133. The molecule has 56 heavy (non-hydrogen) atoms. The van der Waals surface area contributed by atoms with Crippen molar-refractivity contribution in [3.8, 4) is 11.3 Å². The minimum absolute atomic E-state index is 0.107. The van der Waals surface area contributed by atoms with Gasteiger partial charge in [0.15, 0.2) is 11.2 Å². The molecule has 0 unspecified atom stereocenters. The Balaban J connectivity index is 0.000000341. The van der Waals surface area contributed by atoms with E-state index in [1.807, 2.05) is 41.6 Å². The number of nitrogens with zero attached hydrogens (tertiary/aromatic N) is 6. The number of aromatic nitrogens is 5. The number of nitrogens with two attached hydrogens (primary N) is 3. The third-order valence-corrected chi connectivity index (χ3v) is 8.82. The number of rotatable bonds is 22. The van der Waals surface area contributed by atoms with Crippen LogP contribution >= 0.6 is 0 Å². The number of oxazole rings is 1. The molecule has 3 aromatic heterocycles. The fourth-order valence-corrected chi connectivity index (χ4v) is 6.10. The molecular weight excluding hydrogens is 722 g/mol. The van der Waals surface area contributed by atoms with Crippen LogP contribution < -0.4 is 17.2 Å². The smallest absolute Gasteiger partial charge is 0.292 e. The second-order valence-electron chi connectivity index (χ2n) is 12.7. The number of anilines is 2. The van der Waals surface area contributed by atoms with Crippen LogP contribution in [0.3, 0.4) is 0 Å². The van der Waals surface area contributed by atoms with Gasteiger partial charge in [-0.3, -0.25) is 4.79 Å². The molecule has 4 heterocycles. The Labute approximate surface area is 326 Å². The number of hydrogen-bond donors (Lipinski definition) is 3. The van der Waals surface area contributed by atoms with E-state index in [2.05, 4.69) is 33.2 Å². The molecule has 6 N–H and O–H groups in total. The third-order valence-electron chi connectivity index (χ3n) is 8.82. The Bertz CT molecular complexity index is 1940. The summed E-state index contributed by atoms with van der Waals surface area (Å²) in [5.74, 6) is 0.460. The molecule has 1 amide bonds. The Morgan fingerprint density at radius 2 is 1.48 bits per heavy atom. The summed E-state index contributed by atoms with van der Waals surface area (Å²) in [6.07, 6.45) is 2.61. The van der Waals surface area contributed by atoms with E-state index in [4.69, 9.17) is 55.1 Å². The molecule has 0 atom stereocenters. The van der Waals surface area contributed by atoms with Gasteiger partial charge in [0.1, 0.15) is 23.4 Å². The van der Waals surface area contributed by atoms with E-state index in [0.717, 1.165) is 29.7 Å². The first-order chi connectivity index (χ1) is 27.4. The average molecular weight is 778 g/mol. The summed E-state index contributed by atoms with van der Waals surface area (Å²) < 4.78 is 38.8. The van der Waals surface area contributed by atoms with Crippen molar-refractivity contribution in [2.75, 3.05) is 104 Å². The zero-order chi connectivity index (χ0) is 39.5. The van der Waals surface area contributed by atoms with Gasteiger partial charge in [0.2, 0.25) is 5.91 Å². The van der Waals surface area contributed by atoms with Crippen molar-refractivity contribution >= 4 is 39.9 Å². The fourth-order valence-electron chi connectivity index (χ4n) is 6.10. The third kappa shape index (κ3) is 12.4. The van der Waals surface area contributed by atoms with Crippen LogP contribution in [0.25, 0.3) is 33.4 Å². The van der Waals surface area contributed by atoms with Crippen LogP contribution in [-0.4, -0.2) is 128 Å². The molecule has 0 radical (unpaired) electrons. The molecule has 6 rings (SSSR count). The van der Waals surface area contributed by atoms with Gasteiger partial charge in [-0.25, -0.2) is 14.6 Å². The van der Waals surface area contributed by atoms with E-state index in [-0.39, 0.29) is 11.9 Å². The number of ether oxygens (including phenoxy) is 6. The summed E-state index contributed by atoms with van der Waals surface area (Å²) in [7, 11) is 0. The highest BCUT2D eigenvalue weighted by molar-refractivity contribution is 5.99. The fraction of sp³-hybridized carbons (Fsp3) is 0.513. The second-order valence-corrected chi connectivity index (χ2v) is 12.7. The predicted octanol–water partition coefficient (Wildman–Crippen LogP) is 3.21. The zero-order valence-corrected chi connectivity index (χ0v) is 32.5. The van der Waals surface area contributed by atoms with Crippen molar-refractivity contribution < 1.29 is 37.6 Å². The van der Waals surface area contributed by atoms with Gasteiger partial charge in [0.05, 0.1) is 84.4 Å². The Kier molecular flexibility index (Phi) is 17.2. The Morgan fingerprint density at radius 3 is 2.18 bits per heavy atom. The van der Waals surface area contributed by atoms with Crippen LogP contribution in [0.15, 0.2) is 47.1 Å². The molecule has 304 valence electrons. The van der Waals surface area contributed by atoms with Crippen LogP contribution in [0, 0.1) is 0 Å². The summed E-state index contributed by atoms with van der Waals surface area (Å²) >= 11 is 0. The number of nitrogen functional groups attached to an aromatic ring is 2. The second kappa shape index (κ2) is 22.7. The normalized spacial score (nSPS) is 12.6. The molecule has 1 aliphatic rings. The number of carbonyl (C=O) groups is 1. The molecule has 17 nitrogen and oxygen atoms in total. The molecule has 17 heteroatoms. The number of hydrogen-bond acceptors (Lipinski definition) is 15. The van der Waals surface area contributed by atoms with E-state index >= 15 is 0 Å². The molecule has 5 aromatic rings. The first-order valence-corrected chi connectivity index (χ1v) is 19.1. The molecular formula is C39H55N9O8. The van der Waals surface area contributed by atoms with Gasteiger partial charge in [0.25, 0.3) is 6.01 Å². The van der Waals surface area contributed by atoms with Gasteiger partial charge in [-0.15, -0.1) is 0 Å². The quantitative estimate of drug-likeness (QED) is 0.0859. The minimum Gasteiger partial charge on any atom is -0.424 e. The SMILES string of the molecule is CCOCCOCCC(=O)N1CCc2cc(Cn3nc(-c4ccc5oc(N)nc5c4)c4c(N)ncnc43)ccc2C1.CCOCCOCCOCCOCCN. The highest BCUT2D eigenvalue weighted by Crippen LogP contribution is 2.33. The summed E-state index contributed by atoms with van der Waals surface area (Å²) in [6.45, 7) is 13.4. The number of fused-ring (bicyclic) bond motifs is 3. The standard InChI is InChI=1S/C29H32N8O4.C10H23NO4/c1-2-39-11-12-40-10-8-24(38)36-9-7-19-13-18(3-4-21(19)16-36)15-37-28-25(27(30)32-17-33-28)26(35-37)20-5-6-23-22(14-20)34-29(31)41-23;1-2-12-5-6-14-9-10-15-8-7-13-4-3-11/h3-6,13-14,17H,2,7-12,15-16H2,1H3,(H2,31,34)(H2,30,32,33);2-11H2,1H3. The van der Waals surface area contributed by atoms with Crippen molar-refractivity contribution in [3.05, 3.63) is 59.4 Å². The lowest BCUT2D eigenvalue weighted by Gasteiger charge is -2.29. The largest absolute Gasteiger partial charge is 0.424 e. The van der Waals surface area contributed by atoms with E-state index in [1.165, 1.54) is 11.9 Å². The topological polar surface area (TPSA) is 223 Å². The molecule has 0 fully saturated rings. The van der Waals surface area contributed by atoms with Crippen LogP contribution in [0.5, 0.6) is 0 Å². The summed E-state index contributed by atoms with van der Waals surface area (Å²) in [6, 6.07) is 12.0. The Morgan fingerprint density at radius 1 is 0.804 bits per heavy atom. The maximum Gasteiger partial charge on any atom is 0.292 e. The number of carbonyl (C=O) groups excluding carboxylic acids is 1. The maximum absolute atomic E-state index is 12.7. The van der Waals surface area contributed by atoms with Gasteiger partial charge in [0, 0.05) is 38.4 Å². The van der Waals surface area contributed by atoms with E-state index in [0.29, 0.717) is 139 Å². The minimum atomic E-state index is 0.107. The van der Waals surface area contributed by atoms with Crippen molar-refractivity contribution in [1.29, 1.82) is 0 Å². The number of benzene rings is 2. The molecule has 0 saturated heterocycles. The van der Waals surface area contributed by atoms with Crippen molar-refractivity contribution in [2.45, 2.75) is 39.8 Å². The molecule has 1 aliphatic heterocycles. The van der Waals surface area contributed by atoms with Crippen LogP contribution in [0.2, 0.25) is 0 Å². The molecule has 0 spiro atoms. The monoisotopic (exact) mass is 777 g/mol. The van der Waals surface area contributed by atoms with Crippen LogP contribution in [-0.2, 0) is 52.7 Å². The van der Waals surface area contributed by atoms with E-state index in [9.17, 15) is 4.79 Å². The van der Waals surface area contributed by atoms with E-state index < -0.39 is 0 Å². The van der Waals surface area contributed by atoms with Gasteiger partial charge >= 0.3 is 0 Å². The maximum atomic E-state index is 12.7. The molecule has 0 saturated carbocycles. The predicted molar refractivity (Wildman–Crippen MR) is 212 cm³/mol. The van der Waals surface area contributed by atoms with Crippen molar-refractivity contribution in [3.63, 3.8) is 0 Å². The lowest BCUT2D eigenvalue weighted by Crippen LogP contribution is -2.36. The zero-order valence-electron chi connectivity index (χ0n) is 32.5. The molecule has 2 aromatic carbocycles. The van der Waals surface area contributed by atoms with Crippen molar-refractivity contribution in [2.24, 2.45) is 5.73 Å². The van der Waals surface area contributed by atoms with Crippen molar-refractivity contribution in [1.82, 2.24) is 29.6 Å². The summed E-state index contributed by atoms with van der Waals surface area (Å²) in [4.78, 5) is 27.6. The summed E-state index contributed by atoms with van der Waals surface area (Å²) in [5.41, 5.74) is 24.1. The highest BCUT2D eigenvalue weighted by atomic mass is 16.6. The molecule has 0 aliphatic carbocycles. The number of amides is 1. The van der Waals surface area contributed by atoms with Gasteiger partial charge in [-0.1, -0.05) is 18.2 Å². The molecule has 0 bridgehead atoms. The van der Waals surface area contributed by atoms with Crippen LogP contribution in [0.4, 0.5) is 11.8 Å². The van der Waals surface area contributed by atoms with Gasteiger partial charge < -0.3 is 54.9 Å². The van der Waals surface area contributed by atoms with Gasteiger partial charge in [-0.2, -0.15) is 10.1 Å². The average Bonchev–Trinajstić information content (AvgIpc) is 3.77. The lowest BCUT2D eigenvalue weighted by atomic mass is 9.97. The Hall–Kier alpha value is -4.75. The van der Waals surface area contributed by atoms with E-state index in [1.54, 1.807) is 0 Å². The highest BCUT2D eigenvalue weighted by Gasteiger charge is 2.22. The van der Waals surface area contributed by atoms with Gasteiger partial charge in [-0.05, 0) is 55.2 Å².